The second-order valence-corrected chi connectivity index (χ2v) is 4.93. The van der Waals surface area contributed by atoms with E-state index in [4.69, 9.17) is 4.74 Å². The van der Waals surface area contributed by atoms with Gasteiger partial charge in [-0.25, -0.2) is 0 Å². The van der Waals surface area contributed by atoms with Crippen molar-refractivity contribution in [2.24, 2.45) is 0 Å². The highest BCUT2D eigenvalue weighted by atomic mass is 16.5. The lowest BCUT2D eigenvalue weighted by molar-refractivity contribution is 0.184. The van der Waals surface area contributed by atoms with Gasteiger partial charge >= 0.3 is 0 Å². The van der Waals surface area contributed by atoms with E-state index in [-0.39, 0.29) is 6.04 Å². The molecule has 4 nitrogen and oxygen atoms in total. The van der Waals surface area contributed by atoms with Crippen LogP contribution in [0.3, 0.4) is 0 Å². The Bertz CT molecular complexity index is 536. The summed E-state index contributed by atoms with van der Waals surface area (Å²) in [6, 6.07) is 8.65. The Morgan fingerprint density at radius 1 is 1.30 bits per heavy atom. The summed E-state index contributed by atoms with van der Waals surface area (Å²) in [6.45, 7) is 6.65. The quantitative estimate of drug-likeness (QED) is 0.843. The molecule has 0 amide bonds. The van der Waals surface area contributed by atoms with Gasteiger partial charge in [-0.2, -0.15) is 5.10 Å². The molecule has 20 heavy (non-hydrogen) atoms. The largest absolute Gasteiger partial charge is 0.380 e. The summed E-state index contributed by atoms with van der Waals surface area (Å²) < 4.78 is 7.19. The van der Waals surface area contributed by atoms with Gasteiger partial charge in [-0.1, -0.05) is 24.3 Å². The van der Waals surface area contributed by atoms with Crippen LogP contribution in [0.1, 0.15) is 36.6 Å². The Morgan fingerprint density at radius 2 is 2.05 bits per heavy atom. The van der Waals surface area contributed by atoms with E-state index in [2.05, 4.69) is 48.7 Å². The van der Waals surface area contributed by atoms with E-state index < -0.39 is 0 Å². The number of ether oxygens (including phenoxy) is 1. The van der Waals surface area contributed by atoms with Gasteiger partial charge < -0.3 is 10.1 Å². The maximum Gasteiger partial charge on any atom is 0.0716 e. The van der Waals surface area contributed by atoms with Gasteiger partial charge in [0.25, 0.3) is 0 Å². The van der Waals surface area contributed by atoms with Crippen LogP contribution in [0.5, 0.6) is 0 Å². The summed E-state index contributed by atoms with van der Waals surface area (Å²) in [5, 5.41) is 7.86. The third kappa shape index (κ3) is 3.68. The first-order chi connectivity index (χ1) is 9.74. The lowest BCUT2D eigenvalue weighted by atomic mass is 10.1. The predicted molar refractivity (Wildman–Crippen MR) is 80.3 cm³/mol. The van der Waals surface area contributed by atoms with Gasteiger partial charge in [0.2, 0.25) is 0 Å². The molecular formula is C16H23N3O. The van der Waals surface area contributed by atoms with Crippen LogP contribution in [0.25, 0.3) is 0 Å². The Balaban J connectivity index is 1.97. The molecule has 1 aromatic carbocycles. The Hall–Kier alpha value is -1.65. The minimum Gasteiger partial charge on any atom is -0.380 e. The zero-order valence-corrected chi connectivity index (χ0v) is 12.5. The molecule has 2 aromatic rings. The highest BCUT2D eigenvalue weighted by Crippen LogP contribution is 2.14. The Morgan fingerprint density at radius 3 is 2.70 bits per heavy atom. The summed E-state index contributed by atoms with van der Waals surface area (Å²) in [5.74, 6) is 0. The van der Waals surface area contributed by atoms with Crippen molar-refractivity contribution < 1.29 is 4.74 Å². The minimum absolute atomic E-state index is 0.283. The maximum atomic E-state index is 5.24. The number of methoxy groups -OCH3 is 1. The molecule has 0 radical (unpaired) electrons. The maximum absolute atomic E-state index is 5.24. The number of hydrogen-bond acceptors (Lipinski definition) is 3. The van der Waals surface area contributed by atoms with E-state index in [9.17, 15) is 0 Å². The monoisotopic (exact) mass is 273 g/mol. The number of rotatable bonds is 7. The van der Waals surface area contributed by atoms with Crippen molar-refractivity contribution in [3.8, 4) is 0 Å². The molecule has 1 unspecified atom stereocenters. The van der Waals surface area contributed by atoms with Crippen molar-refractivity contribution in [2.45, 2.75) is 39.6 Å². The van der Waals surface area contributed by atoms with Crippen molar-refractivity contribution in [2.75, 3.05) is 7.11 Å². The predicted octanol–water partition coefficient (Wildman–Crippen LogP) is 2.90. The summed E-state index contributed by atoms with van der Waals surface area (Å²) in [5.41, 5.74) is 3.74. The summed E-state index contributed by atoms with van der Waals surface area (Å²) >= 11 is 0. The summed E-state index contributed by atoms with van der Waals surface area (Å²) in [6.07, 6.45) is 4.03. The molecule has 4 heteroatoms. The average Bonchev–Trinajstić information content (AvgIpc) is 2.95. The van der Waals surface area contributed by atoms with Crippen molar-refractivity contribution in [3.63, 3.8) is 0 Å². The Kier molecular flexibility index (Phi) is 5.32. The molecule has 0 saturated heterocycles. The second-order valence-electron chi connectivity index (χ2n) is 4.93. The number of nitrogens with zero attached hydrogens (tertiary/aromatic N) is 2. The number of aryl methyl sites for hydroxylation is 1. The second kappa shape index (κ2) is 7.22. The van der Waals surface area contributed by atoms with Crippen molar-refractivity contribution in [1.82, 2.24) is 15.1 Å². The normalized spacial score (nSPS) is 12.6. The van der Waals surface area contributed by atoms with Gasteiger partial charge in [0.05, 0.1) is 12.8 Å². The molecule has 0 bridgehead atoms. The summed E-state index contributed by atoms with van der Waals surface area (Å²) in [4.78, 5) is 0. The molecule has 1 heterocycles. The molecule has 0 aliphatic heterocycles. The standard InChI is InChI=1S/C16H23N3O/c1-4-19-11-16(10-18-19)13(2)17-9-14-7-5-6-8-15(14)12-20-3/h5-8,10-11,13,17H,4,9,12H2,1-3H3. The van der Waals surface area contributed by atoms with Crippen LogP contribution in [0, 0.1) is 0 Å². The molecule has 108 valence electrons. The van der Waals surface area contributed by atoms with Crippen molar-refractivity contribution in [3.05, 3.63) is 53.3 Å². The first-order valence-corrected chi connectivity index (χ1v) is 7.06. The van der Waals surface area contributed by atoms with Crippen LogP contribution in [0.2, 0.25) is 0 Å². The fourth-order valence-corrected chi connectivity index (χ4v) is 2.18. The first kappa shape index (κ1) is 14.8. The highest BCUT2D eigenvalue weighted by molar-refractivity contribution is 5.26. The van der Waals surface area contributed by atoms with E-state index in [0.29, 0.717) is 6.61 Å². The van der Waals surface area contributed by atoms with Crippen LogP contribution in [-0.4, -0.2) is 16.9 Å². The zero-order chi connectivity index (χ0) is 14.4. The number of benzene rings is 1. The molecule has 0 saturated carbocycles. The molecule has 1 N–H and O–H groups in total. The third-order valence-electron chi connectivity index (χ3n) is 3.49. The van der Waals surface area contributed by atoms with Crippen LogP contribution < -0.4 is 5.32 Å². The Labute approximate surface area is 120 Å². The molecule has 2 rings (SSSR count). The van der Waals surface area contributed by atoms with Crippen LogP contribution in [-0.2, 0) is 24.4 Å². The molecule has 1 atom stereocenters. The average molecular weight is 273 g/mol. The van der Waals surface area contributed by atoms with Crippen LogP contribution in [0.4, 0.5) is 0 Å². The van der Waals surface area contributed by atoms with Crippen LogP contribution >= 0.6 is 0 Å². The number of aromatic nitrogens is 2. The highest BCUT2D eigenvalue weighted by Gasteiger charge is 2.08. The van der Waals surface area contributed by atoms with Gasteiger partial charge in [-0.05, 0) is 25.0 Å². The number of nitrogens with one attached hydrogen (secondary N) is 1. The molecule has 0 spiro atoms. The SMILES string of the molecule is CCn1cc(C(C)NCc2ccccc2COC)cn1. The summed E-state index contributed by atoms with van der Waals surface area (Å²) in [7, 11) is 1.73. The van der Waals surface area contributed by atoms with Gasteiger partial charge in [-0.15, -0.1) is 0 Å². The molecule has 0 aliphatic carbocycles. The lowest BCUT2D eigenvalue weighted by Gasteiger charge is -2.14. The fourth-order valence-electron chi connectivity index (χ4n) is 2.18. The minimum atomic E-state index is 0.283. The zero-order valence-electron chi connectivity index (χ0n) is 12.5. The fraction of sp³-hybridized carbons (Fsp3) is 0.438. The van der Waals surface area contributed by atoms with Gasteiger partial charge in [0.1, 0.15) is 0 Å². The van der Waals surface area contributed by atoms with Gasteiger partial charge in [0, 0.05) is 38.0 Å². The van der Waals surface area contributed by atoms with Crippen molar-refractivity contribution in [1.29, 1.82) is 0 Å². The van der Waals surface area contributed by atoms with Crippen molar-refractivity contribution >= 4 is 0 Å². The van der Waals surface area contributed by atoms with Gasteiger partial charge in [0.15, 0.2) is 0 Å². The third-order valence-corrected chi connectivity index (χ3v) is 3.49. The smallest absolute Gasteiger partial charge is 0.0716 e. The number of hydrogen-bond donors (Lipinski definition) is 1. The molecule has 0 aliphatic rings. The van der Waals surface area contributed by atoms with E-state index in [1.807, 2.05) is 16.9 Å². The van der Waals surface area contributed by atoms with Crippen LogP contribution in [0.15, 0.2) is 36.7 Å². The van der Waals surface area contributed by atoms with E-state index >= 15 is 0 Å². The topological polar surface area (TPSA) is 39.1 Å². The molecular weight excluding hydrogens is 250 g/mol. The molecule has 1 aromatic heterocycles. The van der Waals surface area contributed by atoms with Gasteiger partial charge in [-0.3, -0.25) is 4.68 Å². The van der Waals surface area contributed by atoms with E-state index in [1.165, 1.54) is 16.7 Å². The molecule has 0 fully saturated rings. The van der Waals surface area contributed by atoms with E-state index in [1.54, 1.807) is 7.11 Å². The first-order valence-electron chi connectivity index (χ1n) is 7.06. The lowest BCUT2D eigenvalue weighted by Crippen LogP contribution is -2.18. The van der Waals surface area contributed by atoms with E-state index in [0.717, 1.165) is 13.1 Å².